The fourth-order valence-corrected chi connectivity index (χ4v) is 2.91. The van der Waals surface area contributed by atoms with Crippen molar-refractivity contribution in [3.63, 3.8) is 0 Å². The Hall–Kier alpha value is -1.32. The van der Waals surface area contributed by atoms with E-state index >= 15 is 0 Å². The van der Waals surface area contributed by atoms with Gasteiger partial charge in [-0.25, -0.2) is 4.98 Å². The molecule has 0 amide bonds. The van der Waals surface area contributed by atoms with Crippen molar-refractivity contribution < 1.29 is 0 Å². The fraction of sp³-hybridized carbons (Fsp3) is 0.750. The lowest BCUT2D eigenvalue weighted by Gasteiger charge is -2.22. The number of nitrogens with one attached hydrogen (secondary N) is 1. The summed E-state index contributed by atoms with van der Waals surface area (Å²) in [6.07, 6.45) is 7.97. The van der Waals surface area contributed by atoms with E-state index in [2.05, 4.69) is 35.1 Å². The molecule has 4 nitrogen and oxygen atoms in total. The quantitative estimate of drug-likeness (QED) is 0.831. The van der Waals surface area contributed by atoms with Crippen molar-refractivity contribution >= 4 is 11.8 Å². The molecule has 20 heavy (non-hydrogen) atoms. The van der Waals surface area contributed by atoms with Gasteiger partial charge >= 0.3 is 0 Å². The van der Waals surface area contributed by atoms with E-state index in [9.17, 15) is 0 Å². The number of anilines is 2. The standard InChI is InChI=1S/C16H28N4/c1-4-20(5-2)16-17-13(3)12-15(19-16)18-14-10-8-6-7-9-11-14/h12,14H,4-11H2,1-3H3,(H,17,18,19). The van der Waals surface area contributed by atoms with Crippen LogP contribution in [0.25, 0.3) is 0 Å². The second-order valence-electron chi connectivity index (χ2n) is 5.70. The molecule has 0 atom stereocenters. The van der Waals surface area contributed by atoms with Gasteiger partial charge in [0, 0.05) is 30.9 Å². The van der Waals surface area contributed by atoms with E-state index in [4.69, 9.17) is 4.98 Å². The van der Waals surface area contributed by atoms with E-state index in [-0.39, 0.29) is 0 Å². The molecule has 2 rings (SSSR count). The van der Waals surface area contributed by atoms with Gasteiger partial charge in [0.25, 0.3) is 0 Å². The van der Waals surface area contributed by atoms with Gasteiger partial charge in [-0.1, -0.05) is 25.7 Å². The highest BCUT2D eigenvalue weighted by atomic mass is 15.3. The Morgan fingerprint density at radius 3 is 2.35 bits per heavy atom. The van der Waals surface area contributed by atoms with E-state index in [1.165, 1.54) is 38.5 Å². The molecular formula is C16H28N4. The van der Waals surface area contributed by atoms with Crippen LogP contribution < -0.4 is 10.2 Å². The summed E-state index contributed by atoms with van der Waals surface area (Å²) in [5, 5.41) is 3.63. The molecule has 112 valence electrons. The summed E-state index contributed by atoms with van der Waals surface area (Å²) in [6.45, 7) is 8.24. The van der Waals surface area contributed by atoms with Crippen LogP contribution in [0, 0.1) is 6.92 Å². The maximum absolute atomic E-state index is 4.70. The van der Waals surface area contributed by atoms with Crippen molar-refractivity contribution in [2.24, 2.45) is 0 Å². The Labute approximate surface area is 123 Å². The third-order valence-electron chi connectivity index (χ3n) is 4.10. The second-order valence-corrected chi connectivity index (χ2v) is 5.70. The maximum atomic E-state index is 4.70. The average Bonchev–Trinajstić information content (AvgIpc) is 2.68. The zero-order valence-electron chi connectivity index (χ0n) is 13.2. The molecule has 1 aromatic heterocycles. The third-order valence-corrected chi connectivity index (χ3v) is 4.10. The van der Waals surface area contributed by atoms with Crippen molar-refractivity contribution in [3.05, 3.63) is 11.8 Å². The summed E-state index contributed by atoms with van der Waals surface area (Å²) in [6, 6.07) is 2.65. The van der Waals surface area contributed by atoms with Crippen molar-refractivity contribution in [3.8, 4) is 0 Å². The zero-order valence-corrected chi connectivity index (χ0v) is 13.2. The number of nitrogens with zero attached hydrogens (tertiary/aromatic N) is 3. The second kappa shape index (κ2) is 7.46. The van der Waals surface area contributed by atoms with Crippen LogP contribution in [0.3, 0.4) is 0 Å². The van der Waals surface area contributed by atoms with Gasteiger partial charge in [0.05, 0.1) is 0 Å². The maximum Gasteiger partial charge on any atom is 0.227 e. The summed E-state index contributed by atoms with van der Waals surface area (Å²) in [5.74, 6) is 1.84. The molecule has 0 saturated heterocycles. The highest BCUT2D eigenvalue weighted by molar-refractivity contribution is 5.44. The predicted octanol–water partition coefficient (Wildman–Crippen LogP) is 3.77. The van der Waals surface area contributed by atoms with Crippen molar-refractivity contribution in [2.45, 2.75) is 65.3 Å². The minimum Gasteiger partial charge on any atom is -0.367 e. The van der Waals surface area contributed by atoms with Gasteiger partial charge in [0.1, 0.15) is 5.82 Å². The highest BCUT2D eigenvalue weighted by Gasteiger charge is 2.14. The van der Waals surface area contributed by atoms with Crippen LogP contribution in [0.2, 0.25) is 0 Å². The van der Waals surface area contributed by atoms with Gasteiger partial charge in [0.15, 0.2) is 0 Å². The van der Waals surface area contributed by atoms with Gasteiger partial charge < -0.3 is 10.2 Å². The van der Waals surface area contributed by atoms with Gasteiger partial charge in [-0.05, 0) is 33.6 Å². The molecule has 0 radical (unpaired) electrons. The lowest BCUT2D eigenvalue weighted by atomic mass is 10.1. The lowest BCUT2D eigenvalue weighted by Crippen LogP contribution is -2.26. The molecule has 1 N–H and O–H groups in total. The van der Waals surface area contributed by atoms with E-state index in [0.29, 0.717) is 6.04 Å². The Morgan fingerprint density at radius 1 is 1.10 bits per heavy atom. The van der Waals surface area contributed by atoms with E-state index < -0.39 is 0 Å². The van der Waals surface area contributed by atoms with Crippen molar-refractivity contribution in [1.29, 1.82) is 0 Å². The molecule has 0 spiro atoms. The van der Waals surface area contributed by atoms with Gasteiger partial charge in [-0.3, -0.25) is 0 Å². The van der Waals surface area contributed by atoms with Crippen LogP contribution in [-0.2, 0) is 0 Å². The Kier molecular flexibility index (Phi) is 5.62. The Balaban J connectivity index is 2.10. The highest BCUT2D eigenvalue weighted by Crippen LogP contribution is 2.21. The van der Waals surface area contributed by atoms with Gasteiger partial charge in [0.2, 0.25) is 5.95 Å². The van der Waals surface area contributed by atoms with Crippen LogP contribution >= 0.6 is 0 Å². The summed E-state index contributed by atoms with van der Waals surface area (Å²) in [4.78, 5) is 11.5. The molecule has 4 heteroatoms. The first-order chi connectivity index (χ1) is 9.72. The first-order valence-corrected chi connectivity index (χ1v) is 8.10. The SMILES string of the molecule is CCN(CC)c1nc(C)cc(NC2CCCCCC2)n1. The van der Waals surface area contributed by atoms with Crippen LogP contribution in [0.4, 0.5) is 11.8 Å². The molecule has 1 aliphatic carbocycles. The van der Waals surface area contributed by atoms with Crippen LogP contribution in [0.5, 0.6) is 0 Å². The van der Waals surface area contributed by atoms with Gasteiger partial charge in [-0.2, -0.15) is 4.98 Å². The van der Waals surface area contributed by atoms with Crippen molar-refractivity contribution in [2.75, 3.05) is 23.3 Å². The molecule has 1 saturated carbocycles. The van der Waals surface area contributed by atoms with Crippen LogP contribution in [0.1, 0.15) is 58.1 Å². The minimum atomic E-state index is 0.580. The molecule has 0 unspecified atom stereocenters. The number of rotatable bonds is 5. The number of aryl methyl sites for hydroxylation is 1. The number of aromatic nitrogens is 2. The molecule has 1 aromatic rings. The normalized spacial score (nSPS) is 16.8. The lowest BCUT2D eigenvalue weighted by molar-refractivity contribution is 0.617. The van der Waals surface area contributed by atoms with Crippen molar-refractivity contribution in [1.82, 2.24) is 9.97 Å². The van der Waals surface area contributed by atoms with E-state index in [1.807, 2.05) is 6.92 Å². The Bertz CT molecular complexity index is 407. The summed E-state index contributed by atoms with van der Waals surface area (Å²) < 4.78 is 0. The number of hydrogen-bond acceptors (Lipinski definition) is 4. The average molecular weight is 276 g/mol. The minimum absolute atomic E-state index is 0.580. The molecule has 0 aliphatic heterocycles. The van der Waals surface area contributed by atoms with Crippen LogP contribution in [-0.4, -0.2) is 29.1 Å². The fourth-order valence-electron chi connectivity index (χ4n) is 2.91. The summed E-state index contributed by atoms with van der Waals surface area (Å²) in [7, 11) is 0. The monoisotopic (exact) mass is 276 g/mol. The number of hydrogen-bond donors (Lipinski definition) is 1. The molecule has 1 fully saturated rings. The molecular weight excluding hydrogens is 248 g/mol. The molecule has 0 bridgehead atoms. The molecule has 1 aliphatic rings. The predicted molar refractivity (Wildman–Crippen MR) is 85.4 cm³/mol. The van der Waals surface area contributed by atoms with Crippen LogP contribution in [0.15, 0.2) is 6.07 Å². The molecule has 1 heterocycles. The summed E-state index contributed by atoms with van der Waals surface area (Å²) >= 11 is 0. The van der Waals surface area contributed by atoms with E-state index in [1.54, 1.807) is 0 Å². The third kappa shape index (κ3) is 4.09. The topological polar surface area (TPSA) is 41.1 Å². The zero-order chi connectivity index (χ0) is 14.4. The first-order valence-electron chi connectivity index (χ1n) is 8.10. The summed E-state index contributed by atoms with van der Waals surface area (Å²) in [5.41, 5.74) is 1.04. The largest absolute Gasteiger partial charge is 0.367 e. The molecule has 0 aromatic carbocycles. The van der Waals surface area contributed by atoms with E-state index in [0.717, 1.165) is 30.5 Å². The van der Waals surface area contributed by atoms with Gasteiger partial charge in [-0.15, -0.1) is 0 Å². The first kappa shape index (κ1) is 15.1. The Morgan fingerprint density at radius 2 is 1.75 bits per heavy atom. The smallest absolute Gasteiger partial charge is 0.227 e.